The number of aromatic nitrogens is 1. The van der Waals surface area contributed by atoms with Gasteiger partial charge in [-0.1, -0.05) is 18.2 Å². The molecule has 1 aliphatic rings. The Morgan fingerprint density at radius 1 is 0.971 bits per heavy atom. The number of nitrogens with zero attached hydrogens (tertiary/aromatic N) is 3. The summed E-state index contributed by atoms with van der Waals surface area (Å²) in [5, 5.41) is 11.0. The molecule has 0 aliphatic carbocycles. The zero-order valence-corrected chi connectivity index (χ0v) is 20.3. The van der Waals surface area contributed by atoms with E-state index in [0.29, 0.717) is 23.6 Å². The van der Waals surface area contributed by atoms with Gasteiger partial charge in [0.25, 0.3) is 5.56 Å². The van der Waals surface area contributed by atoms with Crippen LogP contribution in [-0.4, -0.2) is 55.0 Å². The number of para-hydroxylation sites is 1. The number of aromatic hydroxyl groups is 1. The van der Waals surface area contributed by atoms with Crippen LogP contribution in [0.5, 0.6) is 17.2 Å². The number of anilines is 1. The highest BCUT2D eigenvalue weighted by molar-refractivity contribution is 5.50. The van der Waals surface area contributed by atoms with Gasteiger partial charge in [0.1, 0.15) is 17.2 Å². The van der Waals surface area contributed by atoms with E-state index in [1.165, 1.54) is 5.69 Å². The fourth-order valence-electron chi connectivity index (χ4n) is 4.87. The third-order valence-electron chi connectivity index (χ3n) is 6.65. The van der Waals surface area contributed by atoms with Gasteiger partial charge in [-0.15, -0.1) is 0 Å². The van der Waals surface area contributed by atoms with E-state index in [1.54, 1.807) is 24.9 Å². The second-order valence-electron chi connectivity index (χ2n) is 8.50. The lowest BCUT2D eigenvalue weighted by Crippen LogP contribution is -2.49. The topological polar surface area (TPSA) is 67.2 Å². The van der Waals surface area contributed by atoms with Crippen molar-refractivity contribution in [2.24, 2.45) is 0 Å². The fraction of sp³-hybridized carbons (Fsp3) is 0.370. The van der Waals surface area contributed by atoms with E-state index in [1.807, 2.05) is 50.2 Å². The van der Waals surface area contributed by atoms with Gasteiger partial charge in [0.05, 0.1) is 25.8 Å². The molecule has 1 atom stereocenters. The fourth-order valence-corrected chi connectivity index (χ4v) is 4.87. The van der Waals surface area contributed by atoms with Crippen molar-refractivity contribution in [1.29, 1.82) is 0 Å². The van der Waals surface area contributed by atoms with Gasteiger partial charge >= 0.3 is 0 Å². The van der Waals surface area contributed by atoms with E-state index >= 15 is 0 Å². The first-order valence-corrected chi connectivity index (χ1v) is 11.7. The van der Waals surface area contributed by atoms with Gasteiger partial charge in [-0.3, -0.25) is 9.69 Å². The minimum Gasteiger partial charge on any atom is -0.507 e. The SMILES string of the molecule is CCn1c(C)cc(O)c([C@@H](c2ccc(OC)cc2OC)N2CCN(c3ccccc3)CC2)c1=O. The van der Waals surface area contributed by atoms with E-state index in [2.05, 4.69) is 21.9 Å². The molecule has 1 aliphatic heterocycles. The Balaban J connectivity index is 1.79. The van der Waals surface area contributed by atoms with Gasteiger partial charge in [-0.25, -0.2) is 0 Å². The van der Waals surface area contributed by atoms with Crippen molar-refractivity contribution in [3.8, 4) is 17.2 Å². The van der Waals surface area contributed by atoms with Crippen molar-refractivity contribution in [2.45, 2.75) is 26.4 Å². The Hall–Kier alpha value is -3.45. The van der Waals surface area contributed by atoms with Crippen LogP contribution in [-0.2, 0) is 6.54 Å². The van der Waals surface area contributed by atoms with Crippen LogP contribution in [0.25, 0.3) is 0 Å². The summed E-state index contributed by atoms with van der Waals surface area (Å²) >= 11 is 0. The predicted molar refractivity (Wildman–Crippen MR) is 134 cm³/mol. The molecule has 1 fully saturated rings. The van der Waals surface area contributed by atoms with Crippen molar-refractivity contribution in [3.05, 3.63) is 81.8 Å². The summed E-state index contributed by atoms with van der Waals surface area (Å²) in [6, 6.07) is 17.2. The van der Waals surface area contributed by atoms with Crippen LogP contribution in [0, 0.1) is 6.92 Å². The maximum atomic E-state index is 13.6. The number of benzene rings is 2. The summed E-state index contributed by atoms with van der Waals surface area (Å²) in [4.78, 5) is 18.2. The summed E-state index contributed by atoms with van der Waals surface area (Å²) in [6.45, 7) is 7.40. The van der Waals surface area contributed by atoms with Gasteiger partial charge in [0, 0.05) is 55.7 Å². The maximum Gasteiger partial charge on any atom is 0.259 e. The first-order chi connectivity index (χ1) is 16.5. The summed E-state index contributed by atoms with van der Waals surface area (Å²) in [7, 11) is 3.22. The number of piperazine rings is 1. The highest BCUT2D eigenvalue weighted by atomic mass is 16.5. The Morgan fingerprint density at radius 2 is 1.68 bits per heavy atom. The normalized spacial score (nSPS) is 15.2. The predicted octanol–water partition coefficient (Wildman–Crippen LogP) is 3.81. The molecule has 1 saturated heterocycles. The monoisotopic (exact) mass is 463 g/mol. The minimum atomic E-state index is -0.454. The molecule has 0 saturated carbocycles. The third kappa shape index (κ3) is 4.48. The van der Waals surface area contributed by atoms with Crippen LogP contribution in [0.1, 0.15) is 29.8 Å². The first-order valence-electron chi connectivity index (χ1n) is 11.7. The average Bonchev–Trinajstić information content (AvgIpc) is 2.87. The molecular formula is C27H33N3O4. The second-order valence-corrected chi connectivity index (χ2v) is 8.50. The minimum absolute atomic E-state index is 0.0144. The molecule has 0 unspecified atom stereocenters. The van der Waals surface area contributed by atoms with Crippen LogP contribution in [0.15, 0.2) is 59.4 Å². The lowest BCUT2D eigenvalue weighted by atomic mass is 9.94. The van der Waals surface area contributed by atoms with E-state index in [4.69, 9.17) is 9.47 Å². The van der Waals surface area contributed by atoms with Crippen molar-refractivity contribution < 1.29 is 14.6 Å². The second kappa shape index (κ2) is 10.2. The molecule has 1 aromatic heterocycles. The van der Waals surface area contributed by atoms with Crippen LogP contribution >= 0.6 is 0 Å². The smallest absolute Gasteiger partial charge is 0.259 e. The van der Waals surface area contributed by atoms with Gasteiger partial charge in [0.2, 0.25) is 0 Å². The van der Waals surface area contributed by atoms with Crippen LogP contribution in [0.3, 0.4) is 0 Å². The third-order valence-corrected chi connectivity index (χ3v) is 6.65. The van der Waals surface area contributed by atoms with E-state index in [0.717, 1.165) is 37.4 Å². The molecule has 3 aromatic rings. The lowest BCUT2D eigenvalue weighted by molar-refractivity contribution is 0.204. The molecule has 34 heavy (non-hydrogen) atoms. The zero-order chi connectivity index (χ0) is 24.2. The number of rotatable bonds is 7. The number of hydrogen-bond acceptors (Lipinski definition) is 6. The molecule has 7 heteroatoms. The molecule has 0 amide bonds. The number of hydrogen-bond donors (Lipinski definition) is 1. The number of pyridine rings is 1. The van der Waals surface area contributed by atoms with Gasteiger partial charge in [0.15, 0.2) is 0 Å². The van der Waals surface area contributed by atoms with Gasteiger partial charge in [-0.2, -0.15) is 0 Å². The largest absolute Gasteiger partial charge is 0.507 e. The van der Waals surface area contributed by atoms with Crippen molar-refractivity contribution in [3.63, 3.8) is 0 Å². The molecule has 0 radical (unpaired) electrons. The Bertz CT molecular complexity index is 1180. The summed E-state index contributed by atoms with van der Waals surface area (Å²) in [5.41, 5.74) is 2.96. The van der Waals surface area contributed by atoms with Crippen LogP contribution in [0.4, 0.5) is 5.69 Å². The Kier molecular flexibility index (Phi) is 7.12. The molecule has 4 rings (SSSR count). The van der Waals surface area contributed by atoms with Gasteiger partial charge in [-0.05, 0) is 44.2 Å². The Morgan fingerprint density at radius 3 is 2.29 bits per heavy atom. The number of ether oxygens (including phenoxy) is 2. The van der Waals surface area contributed by atoms with Crippen molar-refractivity contribution in [1.82, 2.24) is 9.47 Å². The summed E-state index contributed by atoms with van der Waals surface area (Å²) in [6.07, 6.45) is 0. The van der Waals surface area contributed by atoms with Crippen LogP contribution < -0.4 is 19.9 Å². The van der Waals surface area contributed by atoms with E-state index in [-0.39, 0.29) is 11.3 Å². The molecule has 2 heterocycles. The standard InChI is InChI=1S/C27H33N3O4/c1-5-30-19(2)17-23(31)25(27(30)32)26(22-12-11-21(33-3)18-24(22)34-4)29-15-13-28(14-16-29)20-9-7-6-8-10-20/h6-12,17-18,26,31H,5,13-16H2,1-4H3/t26-/m1/s1. The maximum absolute atomic E-state index is 13.6. The quantitative estimate of drug-likeness (QED) is 0.575. The van der Waals surface area contributed by atoms with E-state index < -0.39 is 6.04 Å². The molecular weight excluding hydrogens is 430 g/mol. The molecule has 0 bridgehead atoms. The first kappa shape index (κ1) is 23.7. The number of methoxy groups -OCH3 is 2. The highest BCUT2D eigenvalue weighted by Crippen LogP contribution is 2.39. The molecule has 2 aromatic carbocycles. The average molecular weight is 464 g/mol. The van der Waals surface area contributed by atoms with Crippen LogP contribution in [0.2, 0.25) is 0 Å². The summed E-state index contributed by atoms with van der Waals surface area (Å²) in [5.74, 6) is 1.31. The Labute approximate surface area is 200 Å². The molecule has 7 nitrogen and oxygen atoms in total. The number of aryl methyl sites for hydroxylation is 1. The molecule has 180 valence electrons. The van der Waals surface area contributed by atoms with Crippen molar-refractivity contribution >= 4 is 5.69 Å². The zero-order valence-electron chi connectivity index (χ0n) is 20.3. The molecule has 1 N–H and O–H groups in total. The summed E-state index contributed by atoms with van der Waals surface area (Å²) < 4.78 is 12.8. The van der Waals surface area contributed by atoms with Gasteiger partial charge < -0.3 is 24.0 Å². The lowest BCUT2D eigenvalue weighted by Gasteiger charge is -2.41. The highest BCUT2D eigenvalue weighted by Gasteiger charge is 2.33. The van der Waals surface area contributed by atoms with E-state index in [9.17, 15) is 9.90 Å². The van der Waals surface area contributed by atoms with Crippen molar-refractivity contribution in [2.75, 3.05) is 45.3 Å². The molecule has 0 spiro atoms.